The highest BCUT2D eigenvalue weighted by Gasteiger charge is 2.26. The third-order valence-corrected chi connectivity index (χ3v) is 3.87. The van der Waals surface area contributed by atoms with Gasteiger partial charge in [0, 0.05) is 0 Å². The lowest BCUT2D eigenvalue weighted by atomic mass is 10.1. The molecule has 2 aromatic rings. The molecule has 0 saturated heterocycles. The van der Waals surface area contributed by atoms with Gasteiger partial charge < -0.3 is 10.1 Å². The van der Waals surface area contributed by atoms with E-state index in [0.717, 1.165) is 24.2 Å². The van der Waals surface area contributed by atoms with Gasteiger partial charge in [-0.25, -0.2) is 0 Å². The van der Waals surface area contributed by atoms with Crippen LogP contribution in [0.2, 0.25) is 0 Å². The Morgan fingerprint density at radius 3 is 2.90 bits per heavy atom. The molecule has 0 bridgehead atoms. The number of aryl methyl sites for hydroxylation is 1. The fraction of sp³-hybridized carbons (Fsp3) is 0.278. The average Bonchev–Trinajstić information content (AvgIpc) is 2.55. The number of fused-ring (bicyclic) bond motifs is 1. The van der Waals surface area contributed by atoms with Gasteiger partial charge in [-0.3, -0.25) is 4.79 Å². The molecule has 1 N–H and O–H groups in total. The van der Waals surface area contributed by atoms with Crippen molar-refractivity contribution in [2.75, 3.05) is 0 Å². The van der Waals surface area contributed by atoms with Crippen LogP contribution in [-0.4, -0.2) is 12.0 Å². The minimum atomic E-state index is -0.397. The molecule has 0 saturated carbocycles. The summed E-state index contributed by atoms with van der Waals surface area (Å²) in [5.41, 5.74) is 2.28. The summed E-state index contributed by atoms with van der Waals surface area (Å²) in [6.07, 6.45) is 1.21. The van der Waals surface area contributed by atoms with Crippen molar-refractivity contribution >= 4 is 5.91 Å². The second-order valence-electron chi connectivity index (χ2n) is 5.39. The fourth-order valence-corrected chi connectivity index (χ4v) is 2.64. The summed E-state index contributed by atoms with van der Waals surface area (Å²) in [7, 11) is 0. The minimum absolute atomic E-state index is 0.0144. The van der Waals surface area contributed by atoms with Crippen molar-refractivity contribution in [2.24, 2.45) is 0 Å². The van der Waals surface area contributed by atoms with Gasteiger partial charge in [0.05, 0.1) is 6.04 Å². The van der Waals surface area contributed by atoms with Crippen LogP contribution < -0.4 is 10.1 Å². The summed E-state index contributed by atoms with van der Waals surface area (Å²) in [6.45, 7) is 1.99. The Morgan fingerprint density at radius 2 is 2.10 bits per heavy atom. The highest BCUT2D eigenvalue weighted by molar-refractivity contribution is 5.82. The molecule has 1 aliphatic rings. The monoisotopic (exact) mass is 293 g/mol. The van der Waals surface area contributed by atoms with Crippen LogP contribution in [-0.2, 0) is 11.2 Å². The first kappa shape index (κ1) is 13.7. The number of hydrogen-bond acceptors (Lipinski definition) is 2. The molecular weight excluding hydrogens is 274 g/mol. The number of carbonyl (C=O) groups excluding carboxylic acids is 1. The Kier molecular flexibility index (Phi) is 3.91. The van der Waals surface area contributed by atoms with Crippen molar-refractivity contribution in [2.45, 2.75) is 31.9 Å². The molecule has 1 amide bonds. The molecule has 21 heavy (non-hydrogen) atoms. The van der Waals surface area contributed by atoms with E-state index in [2.05, 4.69) is 11.4 Å². The molecule has 2 atom stereocenters. The van der Waals surface area contributed by atoms with E-state index >= 15 is 0 Å². The van der Waals surface area contributed by atoms with Crippen LogP contribution in [0.4, 0.5) is 0 Å². The Labute approximate surface area is 124 Å². The molecule has 0 radical (unpaired) electrons. The molecule has 1 aliphatic heterocycles. The van der Waals surface area contributed by atoms with E-state index in [4.69, 9.17) is 4.74 Å². The lowest BCUT2D eigenvalue weighted by Crippen LogP contribution is -2.41. The zero-order valence-corrected chi connectivity index (χ0v) is 12.1. The lowest BCUT2D eigenvalue weighted by Gasteiger charge is -2.26. The third kappa shape index (κ3) is 3.07. The van der Waals surface area contributed by atoms with Crippen molar-refractivity contribution in [3.8, 4) is 5.75 Å². The number of hydrogen-bond donors (Lipinski definition) is 1. The van der Waals surface area contributed by atoms with Gasteiger partial charge in [-0.2, -0.15) is 0 Å². The zero-order chi connectivity index (χ0) is 14.7. The van der Waals surface area contributed by atoms with Gasteiger partial charge in [0.25, 0.3) is 5.91 Å². The van der Waals surface area contributed by atoms with E-state index in [-0.39, 0.29) is 11.9 Å². The van der Waals surface area contributed by atoms with Crippen LogP contribution in [0.5, 0.6) is 5.75 Å². The lowest BCUT2D eigenvalue weighted by molar-refractivity contribution is -0.129. The van der Waals surface area contributed by atoms with Gasteiger partial charge in [0.1, 0.15) is 5.75 Å². The van der Waals surface area contributed by atoms with Gasteiger partial charge in [-0.1, -0.05) is 48.5 Å². The summed E-state index contributed by atoms with van der Waals surface area (Å²) in [5, 5.41) is 3.03. The molecule has 3 heteroatoms. The first-order chi connectivity index (χ1) is 10.2. The predicted octanol–water partition coefficient (Wildman–Crippen LogP) is 3.26. The summed E-state index contributed by atoms with van der Waals surface area (Å²) < 4.78 is 5.82. The molecule has 108 valence electrons. The van der Waals surface area contributed by atoms with Gasteiger partial charge in [0.2, 0.25) is 0 Å². The molecular formula is C18H19NO2. The van der Waals surface area contributed by atoms with Crippen molar-refractivity contribution in [1.29, 1.82) is 0 Å². The summed E-state index contributed by atoms with van der Waals surface area (Å²) in [5.74, 6) is 0.789. The number of benzene rings is 2. The standard InChI is InChI=1S/C18H19NO2/c1-13(14-7-3-2-4-8-14)19-18(20)17-12-11-15-9-5-6-10-16(15)21-17/h2-10,13,17H,11-12H2,1H3,(H,19,20)/t13-,17?/m1/s1/i5+2,6+2,9+2,10+2,15+2,16+2. The van der Waals surface area contributed by atoms with Crippen LogP contribution in [0.25, 0.3) is 0 Å². The van der Waals surface area contributed by atoms with E-state index in [1.165, 1.54) is 5.56 Å². The molecule has 0 aliphatic carbocycles. The van der Waals surface area contributed by atoms with Crippen LogP contribution >= 0.6 is 0 Å². The van der Waals surface area contributed by atoms with Gasteiger partial charge >= 0.3 is 0 Å². The van der Waals surface area contributed by atoms with Gasteiger partial charge in [-0.15, -0.1) is 0 Å². The molecule has 2 aromatic carbocycles. The van der Waals surface area contributed by atoms with Gasteiger partial charge in [-0.05, 0) is 37.0 Å². The molecule has 3 rings (SSSR count). The normalized spacial score (nSPS) is 18.2. The smallest absolute Gasteiger partial charge is 0.261 e. The van der Waals surface area contributed by atoms with Crippen LogP contribution in [0, 0.1) is 0 Å². The van der Waals surface area contributed by atoms with Crippen molar-refractivity contribution < 1.29 is 9.53 Å². The molecule has 1 unspecified atom stereocenters. The molecule has 1 heterocycles. The van der Waals surface area contributed by atoms with E-state index in [9.17, 15) is 4.79 Å². The first-order valence-electron chi connectivity index (χ1n) is 7.34. The SMILES string of the molecule is C[C@@H](NC(=O)C1CC[14c]2[14cH][14cH][14cH][14cH][14c]2O1)c1ccccc1. The van der Waals surface area contributed by atoms with Crippen LogP contribution in [0.1, 0.15) is 30.5 Å². The van der Waals surface area contributed by atoms with E-state index in [1.54, 1.807) is 0 Å². The topological polar surface area (TPSA) is 38.3 Å². The fourth-order valence-electron chi connectivity index (χ4n) is 2.64. The number of carbonyl (C=O) groups is 1. The summed E-state index contributed by atoms with van der Waals surface area (Å²) >= 11 is 0. The average molecular weight is 293 g/mol. The van der Waals surface area contributed by atoms with Crippen molar-refractivity contribution in [3.05, 3.63) is 65.7 Å². The Balaban J connectivity index is 1.65. The Bertz CT molecular complexity index is 624. The van der Waals surface area contributed by atoms with Gasteiger partial charge in [0.15, 0.2) is 6.10 Å². The van der Waals surface area contributed by atoms with E-state index in [0.29, 0.717) is 0 Å². The van der Waals surface area contributed by atoms with Crippen molar-refractivity contribution in [3.63, 3.8) is 0 Å². The third-order valence-electron chi connectivity index (χ3n) is 3.87. The van der Waals surface area contributed by atoms with Crippen molar-refractivity contribution in [1.82, 2.24) is 5.32 Å². The Hall–Kier alpha value is -2.29. The largest absolute Gasteiger partial charge is 0.480 e. The summed E-state index contributed by atoms with van der Waals surface area (Å²) in [6, 6.07) is 17.9. The maximum atomic E-state index is 12.4. The highest BCUT2D eigenvalue weighted by Crippen LogP contribution is 2.27. The predicted molar refractivity (Wildman–Crippen MR) is 82.2 cm³/mol. The highest BCUT2D eigenvalue weighted by atomic mass is 16.7. The Morgan fingerprint density at radius 1 is 1.33 bits per heavy atom. The molecule has 0 spiro atoms. The number of amides is 1. The summed E-state index contributed by atoms with van der Waals surface area (Å²) in [4.78, 5) is 12.4. The van der Waals surface area contributed by atoms with Crippen LogP contribution in [0.15, 0.2) is 54.6 Å². The zero-order valence-electron chi connectivity index (χ0n) is 12.1. The number of para-hydroxylation sites is 1. The molecule has 0 aromatic heterocycles. The maximum Gasteiger partial charge on any atom is 0.261 e. The number of ether oxygens (including phenoxy) is 1. The maximum absolute atomic E-state index is 12.4. The second-order valence-corrected chi connectivity index (χ2v) is 5.39. The minimum Gasteiger partial charge on any atom is -0.480 e. The van der Waals surface area contributed by atoms with Crippen LogP contribution in [0.3, 0.4) is 0 Å². The molecule has 3 nitrogen and oxygen atoms in total. The quantitative estimate of drug-likeness (QED) is 0.943. The second kappa shape index (κ2) is 6.00. The molecule has 0 fully saturated rings. The first-order valence-corrected chi connectivity index (χ1v) is 7.34. The van der Waals surface area contributed by atoms with E-state index < -0.39 is 6.10 Å². The van der Waals surface area contributed by atoms with E-state index in [1.807, 2.05) is 55.5 Å². The number of rotatable bonds is 3. The number of nitrogens with one attached hydrogen (secondary N) is 1.